The van der Waals surface area contributed by atoms with Gasteiger partial charge in [-0.2, -0.15) is 5.10 Å². The average Bonchev–Trinajstić information content (AvgIpc) is 3.24. The number of nitrogens with one attached hydrogen (secondary N) is 1. The van der Waals surface area contributed by atoms with Crippen molar-refractivity contribution in [2.75, 3.05) is 25.0 Å². The molecule has 8 nitrogen and oxygen atoms in total. The Morgan fingerprint density at radius 1 is 1.48 bits per heavy atom. The second-order valence-corrected chi connectivity index (χ2v) is 6.51. The van der Waals surface area contributed by atoms with Gasteiger partial charge in [0.2, 0.25) is 11.8 Å². The number of nitrogens with zero attached hydrogens (tertiary/aromatic N) is 4. The molecule has 2 aromatic heterocycles. The lowest BCUT2D eigenvalue weighted by atomic mass is 9.92. The van der Waals surface area contributed by atoms with Gasteiger partial charge in [-0.25, -0.2) is 0 Å². The molecule has 2 aromatic rings. The van der Waals surface area contributed by atoms with Crippen LogP contribution >= 0.6 is 0 Å². The van der Waals surface area contributed by atoms with Crippen molar-refractivity contribution >= 4 is 11.8 Å². The van der Waals surface area contributed by atoms with Crippen LogP contribution in [0.4, 0.5) is 5.88 Å². The molecule has 1 amide bonds. The van der Waals surface area contributed by atoms with Gasteiger partial charge in [0.25, 0.3) is 0 Å². The van der Waals surface area contributed by atoms with Gasteiger partial charge in [0, 0.05) is 23.9 Å². The lowest BCUT2D eigenvalue weighted by Gasteiger charge is -2.35. The molecule has 1 aliphatic heterocycles. The van der Waals surface area contributed by atoms with Crippen LogP contribution in [0.1, 0.15) is 37.1 Å². The van der Waals surface area contributed by atoms with Crippen LogP contribution in [0.5, 0.6) is 0 Å². The summed E-state index contributed by atoms with van der Waals surface area (Å²) in [5.41, 5.74) is 1.91. The lowest BCUT2D eigenvalue weighted by Crippen LogP contribution is -2.45. The number of aliphatic hydroxyl groups excluding tert-OH is 1. The van der Waals surface area contributed by atoms with Gasteiger partial charge in [0.05, 0.1) is 24.9 Å². The predicted molar refractivity (Wildman–Crippen MR) is 92.2 cm³/mol. The quantitative estimate of drug-likeness (QED) is 0.819. The molecule has 1 aliphatic rings. The van der Waals surface area contributed by atoms with Crippen LogP contribution in [0.15, 0.2) is 22.9 Å². The number of hydrogen-bond acceptors (Lipinski definition) is 6. The van der Waals surface area contributed by atoms with E-state index >= 15 is 0 Å². The van der Waals surface area contributed by atoms with Crippen molar-refractivity contribution in [2.45, 2.75) is 45.2 Å². The smallest absolute Gasteiger partial charge is 0.243 e. The second-order valence-electron chi connectivity index (χ2n) is 6.51. The maximum Gasteiger partial charge on any atom is 0.243 e. The summed E-state index contributed by atoms with van der Waals surface area (Å²) in [6, 6.07) is 3.51. The zero-order valence-corrected chi connectivity index (χ0v) is 14.7. The van der Waals surface area contributed by atoms with E-state index in [1.807, 2.05) is 24.6 Å². The van der Waals surface area contributed by atoms with Gasteiger partial charge in [-0.1, -0.05) is 5.16 Å². The first kappa shape index (κ1) is 17.6. The number of anilines is 1. The molecule has 0 saturated carbocycles. The lowest BCUT2D eigenvalue weighted by molar-refractivity contribution is -0.121. The summed E-state index contributed by atoms with van der Waals surface area (Å²) in [5.74, 6) is 0.717. The van der Waals surface area contributed by atoms with E-state index < -0.39 is 0 Å². The Kier molecular flexibility index (Phi) is 5.50. The predicted octanol–water partition coefficient (Wildman–Crippen LogP) is 1.38. The summed E-state index contributed by atoms with van der Waals surface area (Å²) < 4.78 is 6.92. The fourth-order valence-electron chi connectivity index (χ4n) is 3.37. The SMILES string of the molecule is Cc1cc(NC(=O)[C@H](C)N2CCC(c3ccnn3CCO)CC2)on1. The molecular weight excluding hydrogens is 322 g/mol. The van der Waals surface area contributed by atoms with Crippen LogP contribution in [0.2, 0.25) is 0 Å². The molecule has 8 heteroatoms. The van der Waals surface area contributed by atoms with E-state index in [9.17, 15) is 4.79 Å². The first-order valence-electron chi connectivity index (χ1n) is 8.69. The van der Waals surface area contributed by atoms with Gasteiger partial charge in [-0.15, -0.1) is 0 Å². The number of aliphatic hydroxyl groups is 1. The Morgan fingerprint density at radius 2 is 2.24 bits per heavy atom. The molecule has 0 aliphatic carbocycles. The average molecular weight is 347 g/mol. The summed E-state index contributed by atoms with van der Waals surface area (Å²) in [4.78, 5) is 14.6. The molecule has 0 aromatic carbocycles. The van der Waals surface area contributed by atoms with Crippen molar-refractivity contribution in [1.82, 2.24) is 19.8 Å². The number of carbonyl (C=O) groups excluding carboxylic acids is 1. The maximum absolute atomic E-state index is 12.4. The zero-order valence-electron chi connectivity index (χ0n) is 14.7. The van der Waals surface area contributed by atoms with Gasteiger partial charge in [-0.3, -0.25) is 19.7 Å². The van der Waals surface area contributed by atoms with E-state index in [0.29, 0.717) is 18.3 Å². The van der Waals surface area contributed by atoms with Gasteiger partial charge in [-0.05, 0) is 45.8 Å². The number of likely N-dealkylation sites (tertiary alicyclic amines) is 1. The monoisotopic (exact) mass is 347 g/mol. The molecule has 1 fully saturated rings. The number of piperidine rings is 1. The topological polar surface area (TPSA) is 96.4 Å². The number of amides is 1. The largest absolute Gasteiger partial charge is 0.394 e. The highest BCUT2D eigenvalue weighted by Gasteiger charge is 2.29. The molecular formula is C17H25N5O3. The fourth-order valence-corrected chi connectivity index (χ4v) is 3.37. The minimum Gasteiger partial charge on any atom is -0.394 e. The molecule has 0 spiro atoms. The molecule has 0 radical (unpaired) electrons. The molecule has 0 unspecified atom stereocenters. The van der Waals surface area contributed by atoms with E-state index in [1.54, 1.807) is 12.3 Å². The molecule has 3 heterocycles. The van der Waals surface area contributed by atoms with Gasteiger partial charge in [0.1, 0.15) is 0 Å². The number of hydrogen-bond donors (Lipinski definition) is 2. The molecule has 2 N–H and O–H groups in total. The number of aryl methyl sites for hydroxylation is 1. The van der Waals surface area contributed by atoms with Crippen molar-refractivity contribution in [3.63, 3.8) is 0 Å². The van der Waals surface area contributed by atoms with E-state index in [-0.39, 0.29) is 18.6 Å². The third kappa shape index (κ3) is 4.08. The van der Waals surface area contributed by atoms with Crippen LogP contribution < -0.4 is 5.32 Å². The van der Waals surface area contributed by atoms with Crippen molar-refractivity contribution in [3.8, 4) is 0 Å². The second kappa shape index (κ2) is 7.79. The van der Waals surface area contributed by atoms with E-state index in [1.165, 1.54) is 5.69 Å². The van der Waals surface area contributed by atoms with Crippen LogP contribution in [0.3, 0.4) is 0 Å². The number of carbonyl (C=O) groups is 1. The molecule has 136 valence electrons. The van der Waals surface area contributed by atoms with Crippen molar-refractivity contribution in [3.05, 3.63) is 29.7 Å². The van der Waals surface area contributed by atoms with Gasteiger partial charge >= 0.3 is 0 Å². The van der Waals surface area contributed by atoms with Crippen LogP contribution in [-0.2, 0) is 11.3 Å². The Bertz CT molecular complexity index is 703. The molecule has 1 atom stereocenters. The summed E-state index contributed by atoms with van der Waals surface area (Å²) in [5, 5.41) is 20.0. The number of rotatable bonds is 6. The standard InChI is InChI=1S/C17H25N5O3/c1-12-11-16(25-20-12)19-17(24)13(2)21-7-4-14(5-8-21)15-3-6-18-22(15)9-10-23/h3,6,11,13-14,23H,4-5,7-10H2,1-2H3,(H,19,24)/t13-/m0/s1. The van der Waals surface area contributed by atoms with Crippen molar-refractivity contribution < 1.29 is 14.4 Å². The summed E-state index contributed by atoms with van der Waals surface area (Å²) >= 11 is 0. The number of aromatic nitrogens is 3. The molecule has 0 bridgehead atoms. The third-order valence-corrected chi connectivity index (χ3v) is 4.81. The summed E-state index contributed by atoms with van der Waals surface area (Å²) in [6.45, 7) is 6.03. The highest BCUT2D eigenvalue weighted by Crippen LogP contribution is 2.28. The Labute approximate surface area is 146 Å². The van der Waals surface area contributed by atoms with E-state index in [2.05, 4.69) is 20.5 Å². The first-order valence-corrected chi connectivity index (χ1v) is 8.69. The van der Waals surface area contributed by atoms with Crippen LogP contribution in [0.25, 0.3) is 0 Å². The normalized spacial score (nSPS) is 17.6. The van der Waals surface area contributed by atoms with Crippen molar-refractivity contribution in [1.29, 1.82) is 0 Å². The Morgan fingerprint density at radius 3 is 2.88 bits per heavy atom. The minimum atomic E-state index is -0.228. The van der Waals surface area contributed by atoms with Crippen molar-refractivity contribution in [2.24, 2.45) is 0 Å². The van der Waals surface area contributed by atoms with Crippen LogP contribution in [-0.4, -0.2) is 56.6 Å². The molecule has 25 heavy (non-hydrogen) atoms. The minimum absolute atomic E-state index is 0.0834. The van der Waals surface area contributed by atoms with E-state index in [0.717, 1.165) is 31.6 Å². The van der Waals surface area contributed by atoms with Gasteiger partial charge in [0.15, 0.2) is 0 Å². The molecule has 1 saturated heterocycles. The maximum atomic E-state index is 12.4. The zero-order chi connectivity index (χ0) is 17.8. The molecule has 3 rings (SSSR count). The Balaban J connectivity index is 1.54. The highest BCUT2D eigenvalue weighted by atomic mass is 16.5. The third-order valence-electron chi connectivity index (χ3n) is 4.81. The van der Waals surface area contributed by atoms with E-state index in [4.69, 9.17) is 9.63 Å². The summed E-state index contributed by atoms with van der Waals surface area (Å²) in [6.07, 6.45) is 3.72. The fraction of sp³-hybridized carbons (Fsp3) is 0.588. The highest BCUT2D eigenvalue weighted by molar-refractivity contribution is 5.93. The van der Waals surface area contributed by atoms with Gasteiger partial charge < -0.3 is 9.63 Å². The van der Waals surface area contributed by atoms with Crippen LogP contribution in [0, 0.1) is 6.92 Å². The Hall–Kier alpha value is -2.19. The summed E-state index contributed by atoms with van der Waals surface area (Å²) in [7, 11) is 0. The first-order chi connectivity index (χ1) is 12.1.